The second-order valence-electron chi connectivity index (χ2n) is 7.12. The monoisotopic (exact) mass is 496 g/mol. The predicted molar refractivity (Wildman–Crippen MR) is 136 cm³/mol. The number of hydrogen-bond acceptors (Lipinski definition) is 4. The smallest absolute Gasteiger partial charge is 0.324 e. The molecule has 4 aromatic rings. The molecule has 0 fully saturated rings. The maximum atomic E-state index is 12.7. The summed E-state index contributed by atoms with van der Waals surface area (Å²) in [6.45, 7) is -0.255. The van der Waals surface area contributed by atoms with Crippen LogP contribution in [-0.2, 0) is 4.79 Å². The average Bonchev–Trinajstić information content (AvgIpc) is 2.78. The minimum atomic E-state index is -0.985. The Morgan fingerprint density at radius 2 is 1.52 bits per heavy atom. The van der Waals surface area contributed by atoms with E-state index in [4.69, 9.17) is 23.2 Å². The Bertz CT molecular complexity index is 1310. The van der Waals surface area contributed by atoms with Crippen LogP contribution in [0.1, 0.15) is 10.4 Å². The second kappa shape index (κ2) is 10.2. The van der Waals surface area contributed by atoms with E-state index in [-0.39, 0.29) is 12.5 Å². The minimum absolute atomic E-state index is 0.223. The lowest BCUT2D eigenvalue weighted by atomic mass is 10.1. The molecule has 0 heterocycles. The largest absolute Gasteiger partial charge is 0.480 e. The molecule has 0 spiro atoms. The van der Waals surface area contributed by atoms with E-state index in [2.05, 4.69) is 5.32 Å². The Morgan fingerprint density at radius 1 is 0.848 bits per heavy atom. The van der Waals surface area contributed by atoms with Crippen LogP contribution in [0.3, 0.4) is 0 Å². The van der Waals surface area contributed by atoms with Crippen molar-refractivity contribution >= 4 is 69.2 Å². The molecule has 0 aliphatic carbocycles. The fourth-order valence-corrected chi connectivity index (χ4v) is 5.10. The molecule has 1 amide bonds. The Morgan fingerprint density at radius 3 is 2.21 bits per heavy atom. The molecule has 0 aliphatic rings. The minimum Gasteiger partial charge on any atom is -0.480 e. The van der Waals surface area contributed by atoms with E-state index in [1.54, 1.807) is 46.8 Å². The van der Waals surface area contributed by atoms with Gasteiger partial charge in [0.15, 0.2) is 0 Å². The summed E-state index contributed by atoms with van der Waals surface area (Å²) in [5.41, 5.74) is 1.87. The molecule has 0 aliphatic heterocycles. The summed E-state index contributed by atoms with van der Waals surface area (Å²) in [6.07, 6.45) is 0. The van der Waals surface area contributed by atoms with E-state index < -0.39 is 5.97 Å². The van der Waals surface area contributed by atoms with Crippen LogP contribution >= 0.6 is 35.1 Å². The number of rotatable bonds is 7. The number of carboxylic acid groups (broad SMARTS) is 1. The van der Waals surface area contributed by atoms with Gasteiger partial charge in [-0.2, -0.15) is 0 Å². The van der Waals surface area contributed by atoms with Gasteiger partial charge in [-0.3, -0.25) is 9.59 Å². The zero-order chi connectivity index (χ0) is 23.4. The molecule has 4 rings (SSSR count). The van der Waals surface area contributed by atoms with E-state index >= 15 is 0 Å². The first-order valence-electron chi connectivity index (χ1n) is 9.92. The van der Waals surface area contributed by atoms with Crippen LogP contribution in [0.2, 0.25) is 10.0 Å². The van der Waals surface area contributed by atoms with E-state index in [1.165, 1.54) is 11.9 Å². The number of halogens is 2. The van der Waals surface area contributed by atoms with Crippen LogP contribution < -0.4 is 9.62 Å². The first kappa shape index (κ1) is 23.0. The molecule has 2 N–H and O–H groups in total. The number of nitrogens with one attached hydrogen (secondary N) is 1. The van der Waals surface area contributed by atoms with Crippen molar-refractivity contribution in [2.24, 2.45) is 0 Å². The average molecular weight is 497 g/mol. The second-order valence-corrected chi connectivity index (χ2v) is 9.09. The maximum absolute atomic E-state index is 12.7. The number of fused-ring (bicyclic) bond motifs is 1. The Hall–Kier alpha value is -3.19. The Balaban J connectivity index is 1.73. The molecule has 0 saturated heterocycles. The highest BCUT2D eigenvalue weighted by Crippen LogP contribution is 2.38. The summed E-state index contributed by atoms with van der Waals surface area (Å²) in [7, 11) is 0. The van der Waals surface area contributed by atoms with E-state index in [0.717, 1.165) is 10.8 Å². The topological polar surface area (TPSA) is 69.6 Å². The summed E-state index contributed by atoms with van der Waals surface area (Å²) in [5.74, 6) is -1.21. The van der Waals surface area contributed by atoms with Gasteiger partial charge in [-0.15, -0.1) is 0 Å². The first-order chi connectivity index (χ1) is 15.9. The SMILES string of the molecule is O=C(O)CN(Sc1cc(Cl)cc(Cl)c1)c1cccc2c(NC(=O)c3ccccc3)cccc12. The summed E-state index contributed by atoms with van der Waals surface area (Å²) in [4.78, 5) is 25.1. The fourth-order valence-electron chi connectivity index (χ4n) is 3.40. The van der Waals surface area contributed by atoms with E-state index in [0.29, 0.717) is 31.9 Å². The van der Waals surface area contributed by atoms with Crippen molar-refractivity contribution in [3.8, 4) is 0 Å². The van der Waals surface area contributed by atoms with Gasteiger partial charge in [0.1, 0.15) is 6.54 Å². The molecular weight excluding hydrogens is 479 g/mol. The molecule has 8 heteroatoms. The van der Waals surface area contributed by atoms with Crippen LogP contribution in [0, 0.1) is 0 Å². The van der Waals surface area contributed by atoms with Crippen molar-refractivity contribution in [2.45, 2.75) is 4.90 Å². The van der Waals surface area contributed by atoms with Crippen molar-refractivity contribution < 1.29 is 14.7 Å². The first-order valence-corrected chi connectivity index (χ1v) is 11.4. The zero-order valence-corrected chi connectivity index (χ0v) is 19.5. The number of hydrogen-bond donors (Lipinski definition) is 2. The number of aliphatic carboxylic acids is 1. The molecule has 0 atom stereocenters. The maximum Gasteiger partial charge on any atom is 0.324 e. The molecule has 5 nitrogen and oxygen atoms in total. The van der Waals surface area contributed by atoms with E-state index in [1.807, 2.05) is 42.5 Å². The molecule has 4 aromatic carbocycles. The van der Waals surface area contributed by atoms with Gasteiger partial charge in [-0.1, -0.05) is 65.7 Å². The summed E-state index contributed by atoms with van der Waals surface area (Å²) in [6, 6.07) is 25.1. The lowest BCUT2D eigenvalue weighted by Crippen LogP contribution is -2.23. The van der Waals surface area contributed by atoms with Crippen LogP contribution in [0.5, 0.6) is 0 Å². The number of carboxylic acids is 1. The third-order valence-corrected chi connectivity index (χ3v) is 6.21. The number of benzene rings is 4. The normalized spacial score (nSPS) is 10.7. The van der Waals surface area contributed by atoms with Gasteiger partial charge in [0.05, 0.1) is 5.69 Å². The fraction of sp³-hybridized carbons (Fsp3) is 0.0400. The summed E-state index contributed by atoms with van der Waals surface area (Å²) < 4.78 is 1.66. The number of nitrogens with zero attached hydrogens (tertiary/aromatic N) is 1. The lowest BCUT2D eigenvalue weighted by Gasteiger charge is -2.24. The van der Waals surface area contributed by atoms with Crippen molar-refractivity contribution in [2.75, 3.05) is 16.2 Å². The van der Waals surface area contributed by atoms with E-state index in [9.17, 15) is 14.7 Å². The standard InChI is InChI=1S/C25H18Cl2N2O3S/c26-17-12-18(27)14-19(13-17)33-29(15-24(30)31)23-11-5-8-20-21(23)9-4-10-22(20)28-25(32)16-6-2-1-3-7-16/h1-14H,15H2,(H,28,32)(H,30,31). The molecule has 33 heavy (non-hydrogen) atoms. The highest BCUT2D eigenvalue weighted by atomic mass is 35.5. The van der Waals surface area contributed by atoms with Gasteiger partial charge >= 0.3 is 5.97 Å². The highest BCUT2D eigenvalue weighted by molar-refractivity contribution is 8.00. The van der Waals surface area contributed by atoms with Crippen LogP contribution in [0.15, 0.2) is 89.8 Å². The van der Waals surface area contributed by atoms with Crippen molar-refractivity contribution in [3.63, 3.8) is 0 Å². The van der Waals surface area contributed by atoms with Gasteiger partial charge in [0.2, 0.25) is 0 Å². The Labute approximate surface area is 205 Å². The van der Waals surface area contributed by atoms with Gasteiger partial charge < -0.3 is 14.7 Å². The van der Waals surface area contributed by atoms with Crippen LogP contribution in [0.25, 0.3) is 10.8 Å². The predicted octanol–water partition coefficient (Wildman–Crippen LogP) is 7.00. The molecular formula is C25H18Cl2N2O3S. The van der Waals surface area contributed by atoms with Gasteiger partial charge in [-0.05, 0) is 54.4 Å². The molecule has 0 aromatic heterocycles. The van der Waals surface area contributed by atoms with Crippen molar-refractivity contribution in [3.05, 3.63) is 101 Å². The molecule has 0 radical (unpaired) electrons. The summed E-state index contributed by atoms with van der Waals surface area (Å²) >= 11 is 13.5. The van der Waals surface area contributed by atoms with Crippen LogP contribution in [-0.4, -0.2) is 23.5 Å². The summed E-state index contributed by atoms with van der Waals surface area (Å²) in [5, 5.41) is 15.0. The molecule has 0 bridgehead atoms. The molecule has 0 unspecified atom stereocenters. The number of carbonyl (C=O) groups is 2. The highest BCUT2D eigenvalue weighted by Gasteiger charge is 2.18. The van der Waals surface area contributed by atoms with Gasteiger partial charge in [0, 0.05) is 37.0 Å². The van der Waals surface area contributed by atoms with Crippen molar-refractivity contribution in [1.82, 2.24) is 0 Å². The quantitative estimate of drug-likeness (QED) is 0.269. The van der Waals surface area contributed by atoms with Gasteiger partial charge in [0.25, 0.3) is 5.91 Å². The lowest BCUT2D eigenvalue weighted by molar-refractivity contribution is -0.135. The van der Waals surface area contributed by atoms with Crippen molar-refractivity contribution in [1.29, 1.82) is 0 Å². The zero-order valence-electron chi connectivity index (χ0n) is 17.2. The number of anilines is 2. The Kier molecular flexibility index (Phi) is 7.08. The third-order valence-electron chi connectivity index (χ3n) is 4.78. The number of amides is 1. The van der Waals surface area contributed by atoms with Gasteiger partial charge in [-0.25, -0.2) is 0 Å². The molecule has 0 saturated carbocycles. The number of carbonyl (C=O) groups excluding carboxylic acids is 1. The molecule has 166 valence electrons. The third kappa shape index (κ3) is 5.60. The van der Waals surface area contributed by atoms with Crippen LogP contribution in [0.4, 0.5) is 11.4 Å².